The molecule has 2 heterocycles. The van der Waals surface area contributed by atoms with Gasteiger partial charge in [-0.25, -0.2) is 0 Å². The molecule has 0 aromatic heterocycles. The molecule has 4 atom stereocenters. The summed E-state index contributed by atoms with van der Waals surface area (Å²) < 4.78 is 6.44. The molecule has 1 saturated heterocycles. The SMILES string of the molecule is O=C1/C(=C/c2c3ccccc3cc3ccccc23)C[C@@]2(O)[C@H]3Cc4ccc(O)c5c4[C@@]2(CCN3CC2CC2)[C@H]1O5. The Labute approximate surface area is 232 Å². The lowest BCUT2D eigenvalue weighted by molar-refractivity contribution is -0.179. The van der Waals surface area contributed by atoms with Crippen molar-refractivity contribution < 1.29 is 19.7 Å². The van der Waals surface area contributed by atoms with E-state index in [1.807, 2.05) is 36.4 Å². The normalized spacial score (nSPS) is 31.5. The van der Waals surface area contributed by atoms with Crippen molar-refractivity contribution in [1.82, 2.24) is 4.90 Å². The van der Waals surface area contributed by atoms with Crippen molar-refractivity contribution in [3.8, 4) is 11.5 Å². The van der Waals surface area contributed by atoms with Crippen LogP contribution in [0.4, 0.5) is 0 Å². The van der Waals surface area contributed by atoms with Gasteiger partial charge >= 0.3 is 0 Å². The molecule has 3 fully saturated rings. The number of hydrogen-bond donors (Lipinski definition) is 2. The van der Waals surface area contributed by atoms with Crippen LogP contribution in [0.2, 0.25) is 0 Å². The van der Waals surface area contributed by atoms with E-state index in [2.05, 4.69) is 35.2 Å². The van der Waals surface area contributed by atoms with Crippen LogP contribution in [0.1, 0.15) is 42.4 Å². The first-order chi connectivity index (χ1) is 19.5. The molecule has 0 unspecified atom stereocenters. The number of aromatic hydroxyl groups is 1. The van der Waals surface area contributed by atoms with Gasteiger partial charge in [-0.1, -0.05) is 54.6 Å². The molecule has 5 heteroatoms. The Morgan fingerprint density at radius 2 is 1.73 bits per heavy atom. The first-order valence-electron chi connectivity index (χ1n) is 14.6. The molecule has 40 heavy (non-hydrogen) atoms. The molecule has 2 aliphatic heterocycles. The first-order valence-corrected chi connectivity index (χ1v) is 14.6. The molecule has 3 aliphatic carbocycles. The summed E-state index contributed by atoms with van der Waals surface area (Å²) in [5, 5.41) is 28.3. The molecule has 200 valence electrons. The minimum absolute atomic E-state index is 0.0575. The Morgan fingerprint density at radius 1 is 1.00 bits per heavy atom. The fraction of sp³-hybridized carbons (Fsp3) is 0.343. The average Bonchev–Trinajstić information content (AvgIpc) is 3.70. The number of Topliss-reactive ketones (excluding diaryl/α,β-unsaturated/α-hetero) is 1. The summed E-state index contributed by atoms with van der Waals surface area (Å²) in [5.74, 6) is 1.09. The third-order valence-electron chi connectivity index (χ3n) is 10.7. The van der Waals surface area contributed by atoms with E-state index >= 15 is 0 Å². The monoisotopic (exact) mass is 529 g/mol. The van der Waals surface area contributed by atoms with E-state index < -0.39 is 17.1 Å². The maximum atomic E-state index is 14.5. The molecular weight excluding hydrogens is 498 g/mol. The van der Waals surface area contributed by atoms with Crippen LogP contribution < -0.4 is 4.74 Å². The van der Waals surface area contributed by atoms with Gasteiger partial charge in [0.15, 0.2) is 23.4 Å². The van der Waals surface area contributed by atoms with Crippen LogP contribution in [0.3, 0.4) is 0 Å². The Morgan fingerprint density at radius 3 is 2.45 bits per heavy atom. The van der Waals surface area contributed by atoms with Gasteiger partial charge in [-0.15, -0.1) is 0 Å². The Kier molecular flexibility index (Phi) is 4.47. The van der Waals surface area contributed by atoms with Gasteiger partial charge in [-0.2, -0.15) is 0 Å². The van der Waals surface area contributed by atoms with Crippen molar-refractivity contribution in [3.63, 3.8) is 0 Å². The predicted molar refractivity (Wildman–Crippen MR) is 155 cm³/mol. The Hall–Kier alpha value is -3.67. The molecule has 2 bridgehead atoms. The number of nitrogens with zero attached hydrogens (tertiary/aromatic N) is 1. The second-order valence-corrected chi connectivity index (χ2v) is 12.7. The number of fused-ring (bicyclic) bond motifs is 2. The van der Waals surface area contributed by atoms with Gasteiger partial charge in [0.1, 0.15) is 0 Å². The minimum Gasteiger partial charge on any atom is -0.504 e. The molecule has 4 aromatic rings. The summed E-state index contributed by atoms with van der Waals surface area (Å²) >= 11 is 0. The van der Waals surface area contributed by atoms with Crippen molar-refractivity contribution in [2.45, 2.75) is 55.3 Å². The highest BCUT2D eigenvalue weighted by Gasteiger charge is 2.74. The third kappa shape index (κ3) is 2.82. The summed E-state index contributed by atoms with van der Waals surface area (Å²) in [4.78, 5) is 16.9. The molecule has 2 N–H and O–H groups in total. The molecule has 5 aliphatic rings. The fourth-order valence-electron chi connectivity index (χ4n) is 8.69. The summed E-state index contributed by atoms with van der Waals surface area (Å²) in [5.41, 5.74) is 1.59. The van der Waals surface area contributed by atoms with Crippen LogP contribution in [0.5, 0.6) is 11.5 Å². The van der Waals surface area contributed by atoms with Crippen molar-refractivity contribution >= 4 is 33.4 Å². The predicted octanol–water partition coefficient (Wildman–Crippen LogP) is 5.53. The molecule has 9 rings (SSSR count). The van der Waals surface area contributed by atoms with Gasteiger partial charge in [-0.3, -0.25) is 9.69 Å². The number of ketones is 1. The maximum Gasteiger partial charge on any atom is 0.200 e. The Bertz CT molecular complexity index is 1750. The Balaban J connectivity index is 1.27. The van der Waals surface area contributed by atoms with E-state index in [4.69, 9.17) is 4.74 Å². The minimum atomic E-state index is -1.17. The number of carbonyl (C=O) groups excluding carboxylic acids is 1. The average molecular weight is 530 g/mol. The van der Waals surface area contributed by atoms with Crippen LogP contribution in [-0.4, -0.2) is 51.7 Å². The highest BCUT2D eigenvalue weighted by Crippen LogP contribution is 2.65. The summed E-state index contributed by atoms with van der Waals surface area (Å²) in [6.07, 6.45) is 5.32. The molecule has 1 spiro atoms. The maximum absolute atomic E-state index is 14.5. The summed E-state index contributed by atoms with van der Waals surface area (Å²) in [7, 11) is 0. The lowest BCUT2D eigenvalue weighted by Gasteiger charge is -2.62. The van der Waals surface area contributed by atoms with E-state index in [-0.39, 0.29) is 24.0 Å². The number of likely N-dealkylation sites (tertiary alicyclic amines) is 1. The molecule has 4 aromatic carbocycles. The number of rotatable bonds is 3. The van der Waals surface area contributed by atoms with Gasteiger partial charge in [0, 0.05) is 30.1 Å². The number of ether oxygens (including phenoxy) is 1. The van der Waals surface area contributed by atoms with Crippen molar-refractivity contribution in [3.05, 3.63) is 89.0 Å². The van der Waals surface area contributed by atoms with E-state index in [1.165, 1.54) is 12.8 Å². The van der Waals surface area contributed by atoms with Crippen molar-refractivity contribution in [2.24, 2.45) is 5.92 Å². The topological polar surface area (TPSA) is 70.0 Å². The summed E-state index contributed by atoms with van der Waals surface area (Å²) in [6, 6.07) is 22.3. The van der Waals surface area contributed by atoms with Gasteiger partial charge < -0.3 is 14.9 Å². The first kappa shape index (κ1) is 23.1. The molecule has 0 radical (unpaired) electrons. The van der Waals surface area contributed by atoms with E-state index in [1.54, 1.807) is 6.07 Å². The molecular formula is C35H31NO4. The number of hydrogen-bond acceptors (Lipinski definition) is 5. The number of phenols is 1. The van der Waals surface area contributed by atoms with Crippen LogP contribution in [-0.2, 0) is 16.6 Å². The number of aliphatic hydroxyl groups is 1. The zero-order chi connectivity index (χ0) is 26.8. The summed E-state index contributed by atoms with van der Waals surface area (Å²) in [6.45, 7) is 1.83. The largest absolute Gasteiger partial charge is 0.504 e. The van der Waals surface area contributed by atoms with Crippen LogP contribution in [0.25, 0.3) is 27.6 Å². The third-order valence-corrected chi connectivity index (χ3v) is 10.7. The fourth-order valence-corrected chi connectivity index (χ4v) is 8.69. The zero-order valence-corrected chi connectivity index (χ0v) is 22.3. The van der Waals surface area contributed by atoms with E-state index in [0.29, 0.717) is 30.1 Å². The van der Waals surface area contributed by atoms with E-state index in [9.17, 15) is 15.0 Å². The standard InChI is InChI=1S/C35H31NO4/c37-28-12-11-23-17-29-35(39)18-24(16-27-25-7-3-1-5-21(25)15-22-6-2-4-8-26(22)27)31(38)33-34(35,30(23)32(28)40-33)13-14-36(29)19-20-9-10-20/h1-8,11-12,15-16,20,29,33,37,39H,9-10,13-14,17-19H2/b24-16+/t29-,33+,34+,35-/m1/s1. The van der Waals surface area contributed by atoms with Crippen LogP contribution >= 0.6 is 0 Å². The van der Waals surface area contributed by atoms with Gasteiger partial charge in [0.25, 0.3) is 0 Å². The lowest BCUT2D eigenvalue weighted by atomic mass is 9.48. The number of carbonyl (C=O) groups is 1. The number of piperidine rings is 1. The molecule has 2 saturated carbocycles. The highest BCUT2D eigenvalue weighted by atomic mass is 16.5. The van der Waals surface area contributed by atoms with Crippen molar-refractivity contribution in [2.75, 3.05) is 13.1 Å². The lowest BCUT2D eigenvalue weighted by Crippen LogP contribution is -2.77. The van der Waals surface area contributed by atoms with Gasteiger partial charge in [0.05, 0.1) is 11.0 Å². The van der Waals surface area contributed by atoms with E-state index in [0.717, 1.165) is 51.3 Å². The molecule has 0 amide bonds. The molecule has 5 nitrogen and oxygen atoms in total. The van der Waals surface area contributed by atoms with Crippen molar-refractivity contribution in [1.29, 1.82) is 0 Å². The van der Waals surface area contributed by atoms with Crippen LogP contribution in [0, 0.1) is 5.92 Å². The van der Waals surface area contributed by atoms with Gasteiger partial charge in [0.2, 0.25) is 0 Å². The second-order valence-electron chi connectivity index (χ2n) is 12.7. The zero-order valence-electron chi connectivity index (χ0n) is 22.3. The smallest absolute Gasteiger partial charge is 0.200 e. The highest BCUT2D eigenvalue weighted by molar-refractivity contribution is 6.12. The van der Waals surface area contributed by atoms with Crippen LogP contribution in [0.15, 0.2) is 72.3 Å². The van der Waals surface area contributed by atoms with Gasteiger partial charge in [-0.05, 0) is 89.0 Å². The second kappa shape index (κ2) is 7.74. The quantitative estimate of drug-likeness (QED) is 0.270. The number of benzene rings is 4. The number of phenolic OH excluding ortho intramolecular Hbond substituents is 1.